The summed E-state index contributed by atoms with van der Waals surface area (Å²) in [6, 6.07) is 0. The predicted molar refractivity (Wildman–Crippen MR) is 80.9 cm³/mol. The second kappa shape index (κ2) is 5.72. The van der Waals surface area contributed by atoms with Gasteiger partial charge < -0.3 is 10.0 Å². The van der Waals surface area contributed by atoms with Gasteiger partial charge in [0.25, 0.3) is 0 Å². The molecule has 1 aromatic rings. The molecule has 1 aliphatic carbocycles. The number of hydrogen-bond acceptors (Lipinski definition) is 4. The first kappa shape index (κ1) is 13.9. The number of rotatable bonds is 4. The fourth-order valence-electron chi connectivity index (χ4n) is 3.01. The molecule has 1 unspecified atom stereocenters. The third-order valence-corrected chi connectivity index (χ3v) is 5.62. The molecule has 0 bridgehead atoms. The maximum absolute atomic E-state index is 11.4. The lowest BCUT2D eigenvalue weighted by atomic mass is 9.98. The van der Waals surface area contributed by atoms with Crippen LogP contribution in [0.4, 0.5) is 5.13 Å². The maximum atomic E-state index is 11.4. The molecule has 0 spiro atoms. The van der Waals surface area contributed by atoms with E-state index in [0.29, 0.717) is 10.8 Å². The van der Waals surface area contributed by atoms with Crippen LogP contribution >= 0.6 is 11.3 Å². The van der Waals surface area contributed by atoms with Crippen molar-refractivity contribution in [2.24, 2.45) is 5.92 Å². The molecule has 1 atom stereocenters. The molecule has 0 radical (unpaired) electrons. The molecular formula is C15H22N2O2S. The Bertz CT molecular complexity index is 496. The largest absolute Gasteiger partial charge is 0.477 e. The molecule has 110 valence electrons. The van der Waals surface area contributed by atoms with Crippen LogP contribution in [0, 0.1) is 5.92 Å². The van der Waals surface area contributed by atoms with Gasteiger partial charge in [0.2, 0.25) is 0 Å². The van der Waals surface area contributed by atoms with Crippen molar-refractivity contribution in [1.82, 2.24) is 4.98 Å². The summed E-state index contributed by atoms with van der Waals surface area (Å²) < 4.78 is 0. The average Bonchev–Trinajstić information content (AvgIpc) is 3.22. The quantitative estimate of drug-likeness (QED) is 0.919. The van der Waals surface area contributed by atoms with Crippen molar-refractivity contribution in [2.45, 2.75) is 51.4 Å². The molecule has 5 heteroatoms. The van der Waals surface area contributed by atoms with Crippen LogP contribution in [-0.2, 0) is 0 Å². The molecule has 2 aliphatic rings. The molecule has 1 aromatic heterocycles. The van der Waals surface area contributed by atoms with E-state index < -0.39 is 5.97 Å². The van der Waals surface area contributed by atoms with E-state index in [2.05, 4.69) is 16.8 Å². The molecule has 1 saturated carbocycles. The van der Waals surface area contributed by atoms with E-state index in [4.69, 9.17) is 0 Å². The van der Waals surface area contributed by atoms with Crippen molar-refractivity contribution in [1.29, 1.82) is 0 Å². The third-order valence-electron chi connectivity index (χ3n) is 4.50. The van der Waals surface area contributed by atoms with Crippen molar-refractivity contribution < 1.29 is 9.90 Å². The standard InChI is InChI=1S/C15H22N2O2S/c1-2-10-4-3-8-17(9-7-10)15-16-12(11-5-6-11)13(20-15)14(18)19/h10-11H,2-9H2,1H3,(H,18,19). The highest BCUT2D eigenvalue weighted by Gasteiger charge is 2.33. The van der Waals surface area contributed by atoms with Gasteiger partial charge in [-0.25, -0.2) is 9.78 Å². The second-order valence-corrected chi connectivity index (χ2v) is 6.96. The van der Waals surface area contributed by atoms with E-state index in [-0.39, 0.29) is 0 Å². The summed E-state index contributed by atoms with van der Waals surface area (Å²) in [5.74, 6) is 0.417. The summed E-state index contributed by atoms with van der Waals surface area (Å²) in [5.41, 5.74) is 0.841. The van der Waals surface area contributed by atoms with E-state index in [1.54, 1.807) is 0 Å². The Labute approximate surface area is 123 Å². The molecule has 2 heterocycles. The number of nitrogens with zero attached hydrogens (tertiary/aromatic N) is 2. The van der Waals surface area contributed by atoms with Crippen molar-refractivity contribution in [3.05, 3.63) is 10.6 Å². The summed E-state index contributed by atoms with van der Waals surface area (Å²) in [7, 11) is 0. The Morgan fingerprint density at radius 1 is 1.35 bits per heavy atom. The van der Waals surface area contributed by atoms with Gasteiger partial charge >= 0.3 is 5.97 Å². The van der Waals surface area contributed by atoms with Crippen molar-refractivity contribution in [3.8, 4) is 0 Å². The number of aromatic carboxylic acids is 1. The van der Waals surface area contributed by atoms with E-state index in [1.807, 2.05) is 0 Å². The van der Waals surface area contributed by atoms with Gasteiger partial charge in [-0.2, -0.15) is 0 Å². The van der Waals surface area contributed by atoms with Crippen LogP contribution in [0.15, 0.2) is 0 Å². The Morgan fingerprint density at radius 3 is 2.80 bits per heavy atom. The lowest BCUT2D eigenvalue weighted by Crippen LogP contribution is -2.24. The summed E-state index contributed by atoms with van der Waals surface area (Å²) in [4.78, 5) is 18.8. The first-order valence-corrected chi connectivity index (χ1v) is 8.49. The lowest BCUT2D eigenvalue weighted by molar-refractivity contribution is 0.0700. The Hall–Kier alpha value is -1.10. The van der Waals surface area contributed by atoms with Gasteiger partial charge in [0, 0.05) is 19.0 Å². The van der Waals surface area contributed by atoms with Crippen LogP contribution in [0.5, 0.6) is 0 Å². The zero-order chi connectivity index (χ0) is 14.1. The third kappa shape index (κ3) is 2.82. The highest BCUT2D eigenvalue weighted by Crippen LogP contribution is 2.44. The van der Waals surface area contributed by atoms with E-state index in [1.165, 1.54) is 37.0 Å². The molecule has 1 aliphatic heterocycles. The topological polar surface area (TPSA) is 53.4 Å². The van der Waals surface area contributed by atoms with Gasteiger partial charge in [-0.1, -0.05) is 24.7 Å². The smallest absolute Gasteiger partial charge is 0.347 e. The van der Waals surface area contributed by atoms with Crippen molar-refractivity contribution in [2.75, 3.05) is 18.0 Å². The van der Waals surface area contributed by atoms with Crippen molar-refractivity contribution in [3.63, 3.8) is 0 Å². The molecular weight excluding hydrogens is 272 g/mol. The van der Waals surface area contributed by atoms with Crippen LogP contribution in [0.3, 0.4) is 0 Å². The Kier molecular flexibility index (Phi) is 3.96. The zero-order valence-corrected chi connectivity index (χ0v) is 12.8. The molecule has 1 N–H and O–H groups in total. The normalized spacial score (nSPS) is 23.6. The molecule has 0 amide bonds. The minimum absolute atomic E-state index is 0.404. The Morgan fingerprint density at radius 2 is 2.15 bits per heavy atom. The highest BCUT2D eigenvalue weighted by molar-refractivity contribution is 7.17. The molecule has 20 heavy (non-hydrogen) atoms. The Balaban J connectivity index is 1.79. The van der Waals surface area contributed by atoms with Gasteiger partial charge in [-0.15, -0.1) is 0 Å². The molecule has 3 rings (SSSR count). The average molecular weight is 294 g/mol. The lowest BCUT2D eigenvalue weighted by Gasteiger charge is -2.19. The summed E-state index contributed by atoms with van der Waals surface area (Å²) in [6.07, 6.45) is 7.14. The first-order valence-electron chi connectivity index (χ1n) is 7.68. The monoisotopic (exact) mass is 294 g/mol. The summed E-state index contributed by atoms with van der Waals surface area (Å²) in [6.45, 7) is 4.31. The number of thiazole rings is 1. The highest BCUT2D eigenvalue weighted by atomic mass is 32.1. The van der Waals surface area contributed by atoms with Crippen LogP contribution in [0.1, 0.15) is 66.7 Å². The molecule has 1 saturated heterocycles. The molecule has 2 fully saturated rings. The number of anilines is 1. The minimum Gasteiger partial charge on any atom is -0.477 e. The number of carboxylic acid groups (broad SMARTS) is 1. The van der Waals surface area contributed by atoms with Gasteiger partial charge in [0.1, 0.15) is 4.88 Å². The predicted octanol–water partition coefficient (Wildman–Crippen LogP) is 3.74. The van der Waals surface area contributed by atoms with Crippen LogP contribution in [0.2, 0.25) is 0 Å². The van der Waals surface area contributed by atoms with E-state index in [0.717, 1.165) is 42.7 Å². The van der Waals surface area contributed by atoms with Gasteiger partial charge in [0.05, 0.1) is 5.69 Å². The van der Waals surface area contributed by atoms with Gasteiger partial charge in [-0.3, -0.25) is 0 Å². The first-order chi connectivity index (χ1) is 9.69. The minimum atomic E-state index is -0.808. The van der Waals surface area contributed by atoms with Crippen LogP contribution in [0.25, 0.3) is 0 Å². The number of carbonyl (C=O) groups is 1. The fourth-order valence-corrected chi connectivity index (χ4v) is 4.05. The van der Waals surface area contributed by atoms with Gasteiger partial charge in [0.15, 0.2) is 5.13 Å². The summed E-state index contributed by atoms with van der Waals surface area (Å²) >= 11 is 1.38. The number of aromatic nitrogens is 1. The van der Waals surface area contributed by atoms with Gasteiger partial charge in [-0.05, 0) is 38.0 Å². The fraction of sp³-hybridized carbons (Fsp3) is 0.733. The van der Waals surface area contributed by atoms with Crippen molar-refractivity contribution >= 4 is 22.4 Å². The SMILES string of the molecule is CCC1CCCN(c2nc(C3CC3)c(C(=O)O)s2)CC1. The van der Waals surface area contributed by atoms with E-state index in [9.17, 15) is 9.90 Å². The molecule has 0 aromatic carbocycles. The zero-order valence-electron chi connectivity index (χ0n) is 12.0. The van der Waals surface area contributed by atoms with Crippen LogP contribution < -0.4 is 4.90 Å². The molecule has 4 nitrogen and oxygen atoms in total. The maximum Gasteiger partial charge on any atom is 0.347 e. The number of hydrogen-bond donors (Lipinski definition) is 1. The van der Waals surface area contributed by atoms with Crippen LogP contribution in [-0.4, -0.2) is 29.1 Å². The number of carboxylic acids is 1. The van der Waals surface area contributed by atoms with E-state index >= 15 is 0 Å². The summed E-state index contributed by atoms with van der Waals surface area (Å²) in [5, 5.41) is 10.3. The second-order valence-electron chi connectivity index (χ2n) is 5.98.